The van der Waals surface area contributed by atoms with E-state index in [0.717, 1.165) is 65.7 Å². The molecule has 176 valence electrons. The van der Waals surface area contributed by atoms with Crippen LogP contribution in [0.1, 0.15) is 42.0 Å². The number of unbranched alkanes of at least 4 members (excludes halogenated alkanes) is 1. The van der Waals surface area contributed by atoms with Crippen LogP contribution in [-0.2, 0) is 19.5 Å². The molecule has 0 bridgehead atoms. The molecule has 2 heterocycles. The Morgan fingerprint density at radius 2 is 1.76 bits per heavy atom. The Balaban J connectivity index is 1.66. The third-order valence-electron chi connectivity index (χ3n) is 6.22. The zero-order valence-electron chi connectivity index (χ0n) is 20.0. The predicted molar refractivity (Wildman–Crippen MR) is 126 cm³/mol. The molecule has 0 amide bonds. The van der Waals surface area contributed by atoms with Crippen LogP contribution in [0.15, 0.2) is 33.5 Å². The van der Waals surface area contributed by atoms with Crippen molar-refractivity contribution in [3.8, 4) is 23.0 Å². The Bertz CT molecular complexity index is 1190. The first-order valence-electron chi connectivity index (χ1n) is 11.3. The van der Waals surface area contributed by atoms with Crippen molar-refractivity contribution < 1.29 is 28.3 Å². The zero-order chi connectivity index (χ0) is 23.5. The van der Waals surface area contributed by atoms with E-state index < -0.39 is 0 Å². The second-order valence-corrected chi connectivity index (χ2v) is 8.49. The molecule has 0 saturated heterocycles. The van der Waals surface area contributed by atoms with Gasteiger partial charge in [0.05, 0.1) is 21.3 Å². The summed E-state index contributed by atoms with van der Waals surface area (Å²) in [5, 5.41) is 1.01. The number of quaternary nitrogens is 1. The average Bonchev–Trinajstić information content (AvgIpc) is 2.82. The topological polar surface area (TPSA) is 71.6 Å². The minimum Gasteiger partial charge on any atom is -0.493 e. The molecular formula is C26H32NO6+. The van der Waals surface area contributed by atoms with Crippen LogP contribution >= 0.6 is 0 Å². The van der Waals surface area contributed by atoms with E-state index in [-0.39, 0.29) is 5.63 Å². The molecule has 1 aliphatic heterocycles. The van der Waals surface area contributed by atoms with Crippen LogP contribution in [0.3, 0.4) is 0 Å². The monoisotopic (exact) mass is 454 g/mol. The van der Waals surface area contributed by atoms with Gasteiger partial charge in [0.15, 0.2) is 11.5 Å². The number of benzene rings is 2. The highest BCUT2D eigenvalue weighted by Gasteiger charge is 2.26. The summed E-state index contributed by atoms with van der Waals surface area (Å²) in [6, 6.07) is 7.73. The number of nitrogens with one attached hydrogen (secondary N) is 1. The van der Waals surface area contributed by atoms with Crippen LogP contribution < -0.4 is 29.5 Å². The van der Waals surface area contributed by atoms with Crippen molar-refractivity contribution in [2.45, 2.75) is 46.2 Å². The van der Waals surface area contributed by atoms with E-state index in [2.05, 4.69) is 13.0 Å². The first-order chi connectivity index (χ1) is 16.0. The Kier molecular flexibility index (Phi) is 6.79. The average molecular weight is 455 g/mol. The Hall–Kier alpha value is -3.19. The van der Waals surface area contributed by atoms with Crippen LogP contribution in [0.5, 0.6) is 23.0 Å². The van der Waals surface area contributed by atoms with Crippen molar-refractivity contribution in [2.75, 3.05) is 28.1 Å². The lowest BCUT2D eigenvalue weighted by Crippen LogP contribution is -3.10. The van der Waals surface area contributed by atoms with Crippen molar-refractivity contribution in [2.24, 2.45) is 0 Å². The maximum atomic E-state index is 12.2. The molecule has 0 radical (unpaired) electrons. The highest BCUT2D eigenvalue weighted by Crippen LogP contribution is 2.38. The minimum absolute atomic E-state index is 0.304. The lowest BCUT2D eigenvalue weighted by atomic mass is 9.98. The summed E-state index contributed by atoms with van der Waals surface area (Å²) in [7, 11) is 4.84. The van der Waals surface area contributed by atoms with Gasteiger partial charge >= 0.3 is 5.63 Å². The van der Waals surface area contributed by atoms with Gasteiger partial charge in [0, 0.05) is 28.1 Å². The Morgan fingerprint density at radius 3 is 2.39 bits per heavy atom. The van der Waals surface area contributed by atoms with Crippen LogP contribution in [0.4, 0.5) is 0 Å². The highest BCUT2D eigenvalue weighted by molar-refractivity contribution is 5.86. The maximum absolute atomic E-state index is 12.2. The SMILES string of the molecule is CCCCc1cc(=O)oc2c(C)c3c(cc12)C[NH+](Cc1cc(OC)c(OC)c(OC)c1)CO3. The molecule has 1 atom stereocenters. The number of rotatable bonds is 8. The molecule has 4 rings (SSSR count). The zero-order valence-corrected chi connectivity index (χ0v) is 20.0. The first-order valence-corrected chi connectivity index (χ1v) is 11.3. The van der Waals surface area contributed by atoms with Gasteiger partial charge in [0.2, 0.25) is 12.5 Å². The van der Waals surface area contributed by atoms with Gasteiger partial charge in [-0.25, -0.2) is 4.79 Å². The van der Waals surface area contributed by atoms with E-state index in [9.17, 15) is 4.79 Å². The van der Waals surface area contributed by atoms with Crippen LogP contribution in [-0.4, -0.2) is 28.1 Å². The molecule has 33 heavy (non-hydrogen) atoms. The van der Waals surface area contributed by atoms with Gasteiger partial charge in [0.1, 0.15) is 24.4 Å². The Morgan fingerprint density at radius 1 is 1.03 bits per heavy atom. The molecule has 1 aliphatic rings. The van der Waals surface area contributed by atoms with E-state index in [4.69, 9.17) is 23.4 Å². The summed E-state index contributed by atoms with van der Waals surface area (Å²) in [6.07, 6.45) is 2.96. The van der Waals surface area contributed by atoms with Gasteiger partial charge in [-0.3, -0.25) is 4.90 Å². The molecule has 1 N–H and O–H groups in total. The molecular weight excluding hydrogens is 422 g/mol. The van der Waals surface area contributed by atoms with E-state index in [0.29, 0.717) is 29.6 Å². The summed E-state index contributed by atoms with van der Waals surface area (Å²) in [5.74, 6) is 2.69. The fourth-order valence-corrected chi connectivity index (χ4v) is 4.61. The minimum atomic E-state index is -0.304. The van der Waals surface area contributed by atoms with Gasteiger partial charge < -0.3 is 23.4 Å². The lowest BCUT2D eigenvalue weighted by molar-refractivity contribution is -0.945. The van der Waals surface area contributed by atoms with Crippen molar-refractivity contribution in [3.63, 3.8) is 0 Å². The van der Waals surface area contributed by atoms with Crippen LogP contribution in [0, 0.1) is 6.92 Å². The lowest BCUT2D eigenvalue weighted by Gasteiger charge is -2.28. The molecule has 7 heteroatoms. The van der Waals surface area contributed by atoms with Crippen LogP contribution in [0.2, 0.25) is 0 Å². The number of methoxy groups -OCH3 is 3. The molecule has 2 aromatic carbocycles. The third-order valence-corrected chi connectivity index (χ3v) is 6.22. The quantitative estimate of drug-likeness (QED) is 0.526. The Labute approximate surface area is 193 Å². The van der Waals surface area contributed by atoms with E-state index in [1.165, 1.54) is 4.90 Å². The van der Waals surface area contributed by atoms with Crippen LogP contribution in [0.25, 0.3) is 11.0 Å². The molecule has 0 fully saturated rings. The smallest absolute Gasteiger partial charge is 0.336 e. The van der Waals surface area contributed by atoms with Gasteiger partial charge in [0.25, 0.3) is 0 Å². The summed E-state index contributed by atoms with van der Waals surface area (Å²) in [4.78, 5) is 13.4. The molecule has 1 unspecified atom stereocenters. The normalized spacial score (nSPS) is 15.1. The molecule has 1 aromatic heterocycles. The molecule has 0 aliphatic carbocycles. The number of ether oxygens (including phenoxy) is 4. The number of aryl methyl sites for hydroxylation is 2. The van der Waals surface area contributed by atoms with E-state index in [1.807, 2.05) is 19.1 Å². The highest BCUT2D eigenvalue weighted by atomic mass is 16.5. The van der Waals surface area contributed by atoms with Gasteiger partial charge in [-0.15, -0.1) is 0 Å². The first kappa shape index (κ1) is 23.0. The van der Waals surface area contributed by atoms with E-state index in [1.54, 1.807) is 27.4 Å². The number of fused-ring (bicyclic) bond motifs is 2. The second kappa shape index (κ2) is 9.75. The van der Waals surface area contributed by atoms with E-state index >= 15 is 0 Å². The van der Waals surface area contributed by atoms with Gasteiger partial charge in [-0.1, -0.05) is 13.3 Å². The molecule has 7 nitrogen and oxygen atoms in total. The van der Waals surface area contributed by atoms with Crippen molar-refractivity contribution in [3.05, 3.63) is 56.9 Å². The fraction of sp³-hybridized carbons (Fsp3) is 0.423. The third kappa shape index (κ3) is 4.50. The summed E-state index contributed by atoms with van der Waals surface area (Å²) >= 11 is 0. The second-order valence-electron chi connectivity index (χ2n) is 8.49. The van der Waals surface area contributed by atoms with Gasteiger partial charge in [-0.05, 0) is 43.5 Å². The number of hydrogen-bond donors (Lipinski definition) is 1. The molecule has 0 spiro atoms. The predicted octanol–water partition coefficient (Wildman–Crippen LogP) is 3.40. The van der Waals surface area contributed by atoms with Gasteiger partial charge in [-0.2, -0.15) is 0 Å². The fourth-order valence-electron chi connectivity index (χ4n) is 4.61. The summed E-state index contributed by atoms with van der Waals surface area (Å²) in [6.45, 7) is 6.17. The molecule has 3 aromatic rings. The molecule has 0 saturated carbocycles. The van der Waals surface area contributed by atoms with Crippen molar-refractivity contribution in [1.82, 2.24) is 0 Å². The maximum Gasteiger partial charge on any atom is 0.336 e. The number of hydrogen-bond acceptors (Lipinski definition) is 6. The summed E-state index contributed by atoms with van der Waals surface area (Å²) < 4.78 is 28.2. The standard InChI is InChI=1S/C26H31NO6/c1-6-7-8-18-12-23(28)33-25-16(2)24-19(11-20(18)25)14-27(15-32-24)13-17-9-21(29-3)26(31-5)22(10-17)30-4/h9-12H,6-8,13-15H2,1-5H3/p+1. The largest absolute Gasteiger partial charge is 0.493 e. The van der Waals surface area contributed by atoms with Crippen molar-refractivity contribution in [1.29, 1.82) is 0 Å². The summed E-state index contributed by atoms with van der Waals surface area (Å²) in [5.41, 5.74) is 4.47. The van der Waals surface area contributed by atoms with Crippen molar-refractivity contribution >= 4 is 11.0 Å².